The molecular weight excluding hydrogens is 452 g/mol. The largest absolute Gasteiger partial charge is 0.469 e. The number of allylic oxidation sites excluding steroid dienone is 1. The number of rotatable bonds is 5. The zero-order valence-electron chi connectivity index (χ0n) is 23.6. The number of aliphatic hydroxyl groups excluding tert-OH is 2. The zero-order valence-corrected chi connectivity index (χ0v) is 23.6. The second-order valence-corrected chi connectivity index (χ2v) is 14.8. The van der Waals surface area contributed by atoms with Crippen LogP contribution in [0, 0.1) is 50.7 Å². The zero-order chi connectivity index (χ0) is 26.5. The summed E-state index contributed by atoms with van der Waals surface area (Å²) in [6, 6.07) is 0. The number of hydrogen-bond donors (Lipinski definition) is 3. The van der Waals surface area contributed by atoms with Crippen molar-refractivity contribution < 1.29 is 24.9 Å². The smallest absolute Gasteiger partial charge is 0.314 e. The van der Waals surface area contributed by atoms with Gasteiger partial charge in [0.05, 0.1) is 30.3 Å². The van der Waals surface area contributed by atoms with Crippen molar-refractivity contribution in [1.29, 1.82) is 0 Å². The van der Waals surface area contributed by atoms with Crippen molar-refractivity contribution >= 4 is 5.97 Å². The van der Waals surface area contributed by atoms with Crippen LogP contribution in [0.5, 0.6) is 0 Å². The number of carbonyl (C=O) groups excluding carboxylic acids is 1. The summed E-state index contributed by atoms with van der Waals surface area (Å²) in [5.41, 5.74) is -1.41. The molecule has 5 aliphatic rings. The first-order valence-electron chi connectivity index (χ1n) is 14.5. The van der Waals surface area contributed by atoms with E-state index in [1.54, 1.807) is 0 Å². The molecule has 0 heterocycles. The van der Waals surface area contributed by atoms with Crippen LogP contribution in [-0.4, -0.2) is 46.2 Å². The maximum atomic E-state index is 13.1. The fourth-order valence-corrected chi connectivity index (χ4v) is 11.3. The van der Waals surface area contributed by atoms with Crippen molar-refractivity contribution in [1.82, 2.24) is 0 Å². The average Bonchev–Trinajstić information content (AvgIpc) is 3.41. The van der Waals surface area contributed by atoms with Gasteiger partial charge in [0.15, 0.2) is 0 Å². The van der Waals surface area contributed by atoms with Crippen LogP contribution in [0.1, 0.15) is 99.3 Å². The molecule has 0 amide bonds. The minimum absolute atomic E-state index is 0.0245. The predicted octanol–water partition coefficient (Wildman–Crippen LogP) is 5.26. The maximum absolute atomic E-state index is 13.1. The van der Waals surface area contributed by atoms with Gasteiger partial charge in [-0.3, -0.25) is 4.79 Å². The number of hydrogen-bond acceptors (Lipinski definition) is 5. The van der Waals surface area contributed by atoms with Crippen molar-refractivity contribution in [2.24, 2.45) is 50.7 Å². The molecule has 5 aliphatic carbocycles. The van der Waals surface area contributed by atoms with E-state index in [0.29, 0.717) is 17.8 Å². The second-order valence-electron chi connectivity index (χ2n) is 14.8. The van der Waals surface area contributed by atoms with Gasteiger partial charge < -0.3 is 20.1 Å². The Morgan fingerprint density at radius 1 is 1.03 bits per heavy atom. The molecule has 0 aromatic carbocycles. The molecule has 5 nitrogen and oxygen atoms in total. The lowest BCUT2D eigenvalue weighted by Crippen LogP contribution is -2.63. The summed E-state index contributed by atoms with van der Waals surface area (Å²) in [4.78, 5) is 13.1. The van der Waals surface area contributed by atoms with Crippen LogP contribution in [0.4, 0.5) is 0 Å². The van der Waals surface area contributed by atoms with Crippen LogP contribution in [-0.2, 0) is 9.53 Å². The van der Waals surface area contributed by atoms with Crippen LogP contribution >= 0.6 is 0 Å². The molecule has 5 fully saturated rings. The maximum Gasteiger partial charge on any atom is 0.314 e. The van der Waals surface area contributed by atoms with Crippen molar-refractivity contribution in [3.8, 4) is 0 Å². The van der Waals surface area contributed by atoms with Gasteiger partial charge in [-0.1, -0.05) is 32.9 Å². The number of fused-ring (bicyclic) bond motifs is 2. The molecule has 2 spiro atoms. The molecule has 11 atom stereocenters. The SMILES string of the molecule is COC(=O)[C@]1(C)[C@@H](O)C[C@H](O)[C@]23C[C@]24CC[C@]2(C)[C@@H]([C@H](C)C/C=C\C(C)(C)O)CC[C@@]2(C)[C@@H]4CC[C@@H]13. The second kappa shape index (κ2) is 8.05. The van der Waals surface area contributed by atoms with E-state index in [0.717, 1.165) is 32.1 Å². The summed E-state index contributed by atoms with van der Waals surface area (Å²) < 4.78 is 5.24. The topological polar surface area (TPSA) is 87.0 Å². The monoisotopic (exact) mass is 502 g/mol. The van der Waals surface area contributed by atoms with Gasteiger partial charge in [0.25, 0.3) is 0 Å². The van der Waals surface area contributed by atoms with Crippen molar-refractivity contribution in [2.45, 2.75) is 117 Å². The predicted molar refractivity (Wildman–Crippen MR) is 140 cm³/mol. The molecule has 0 radical (unpaired) electrons. The molecule has 0 aromatic rings. The van der Waals surface area contributed by atoms with E-state index < -0.39 is 23.2 Å². The lowest BCUT2D eigenvalue weighted by Gasteiger charge is -2.63. The standard InChI is InChI=1S/C31H50O5/c1-19(9-8-13-26(2,3)35)20-12-14-28(5)21-10-11-22-29(6,25(34)36-7)23(32)17-24(33)31(22)18-30(21,31)16-15-27(20,28)4/h8,13,19-24,32-33,35H,9-12,14-18H2,1-7H3/b13-8-/t19-,20-,21+,22+,23+,24+,27-,28+,29+,30+,31-/m1/s1. The Labute approximate surface area is 218 Å². The normalized spacial score (nSPS) is 52.7. The Bertz CT molecular complexity index is 938. The summed E-state index contributed by atoms with van der Waals surface area (Å²) >= 11 is 0. The summed E-state index contributed by atoms with van der Waals surface area (Å²) in [6.45, 7) is 13.0. The van der Waals surface area contributed by atoms with E-state index in [2.05, 4.69) is 26.8 Å². The first kappa shape index (κ1) is 26.7. The Morgan fingerprint density at radius 2 is 1.69 bits per heavy atom. The van der Waals surface area contributed by atoms with Crippen LogP contribution in [0.15, 0.2) is 12.2 Å². The molecule has 0 aromatic heterocycles. The summed E-state index contributed by atoms with van der Waals surface area (Å²) in [5, 5.41) is 32.7. The molecule has 0 aliphatic heterocycles. The summed E-state index contributed by atoms with van der Waals surface area (Å²) in [7, 11) is 1.43. The highest BCUT2D eigenvalue weighted by Crippen LogP contribution is 2.89. The summed E-state index contributed by atoms with van der Waals surface area (Å²) in [5.74, 6) is 1.43. The molecule has 5 saturated carbocycles. The molecular formula is C31H50O5. The van der Waals surface area contributed by atoms with Crippen molar-refractivity contribution in [3.05, 3.63) is 12.2 Å². The third-order valence-electron chi connectivity index (χ3n) is 13.2. The molecule has 3 N–H and O–H groups in total. The van der Waals surface area contributed by atoms with Gasteiger partial charge in [-0.25, -0.2) is 0 Å². The minimum Gasteiger partial charge on any atom is -0.469 e. The first-order valence-corrected chi connectivity index (χ1v) is 14.5. The summed E-state index contributed by atoms with van der Waals surface area (Å²) in [6.07, 6.45) is 11.7. The quantitative estimate of drug-likeness (QED) is 0.352. The lowest BCUT2D eigenvalue weighted by molar-refractivity contribution is -0.212. The Hall–Kier alpha value is -0.910. The average molecular weight is 503 g/mol. The van der Waals surface area contributed by atoms with Gasteiger partial charge in [-0.05, 0) is 112 Å². The van der Waals surface area contributed by atoms with Gasteiger partial charge in [0, 0.05) is 11.8 Å². The highest BCUT2D eigenvalue weighted by Gasteiger charge is 2.85. The van der Waals surface area contributed by atoms with Crippen LogP contribution in [0.3, 0.4) is 0 Å². The molecule has 5 heteroatoms. The van der Waals surface area contributed by atoms with Crippen LogP contribution in [0.2, 0.25) is 0 Å². The van der Waals surface area contributed by atoms with Crippen molar-refractivity contribution in [3.63, 3.8) is 0 Å². The number of esters is 1. The van der Waals surface area contributed by atoms with Crippen molar-refractivity contribution in [2.75, 3.05) is 7.11 Å². The molecule has 0 bridgehead atoms. The Kier molecular flexibility index (Phi) is 5.97. The van der Waals surface area contributed by atoms with E-state index in [1.807, 2.05) is 26.8 Å². The van der Waals surface area contributed by atoms with E-state index in [9.17, 15) is 20.1 Å². The number of ether oxygens (including phenoxy) is 1. The highest BCUT2D eigenvalue weighted by atomic mass is 16.5. The van der Waals surface area contributed by atoms with Gasteiger partial charge >= 0.3 is 5.97 Å². The van der Waals surface area contributed by atoms with Gasteiger partial charge in [-0.2, -0.15) is 0 Å². The fraction of sp³-hybridized carbons (Fsp3) is 0.903. The molecule has 204 valence electrons. The third-order valence-corrected chi connectivity index (χ3v) is 13.2. The van der Waals surface area contributed by atoms with E-state index in [-0.39, 0.29) is 40.0 Å². The van der Waals surface area contributed by atoms with Gasteiger partial charge in [0.1, 0.15) is 0 Å². The number of carbonyl (C=O) groups is 1. The van der Waals surface area contributed by atoms with E-state index in [1.165, 1.54) is 26.4 Å². The highest BCUT2D eigenvalue weighted by molar-refractivity contribution is 5.78. The van der Waals surface area contributed by atoms with E-state index >= 15 is 0 Å². The fourth-order valence-electron chi connectivity index (χ4n) is 11.3. The van der Waals surface area contributed by atoms with Gasteiger partial charge in [-0.15, -0.1) is 0 Å². The number of aliphatic hydroxyl groups is 3. The molecule has 0 unspecified atom stereocenters. The lowest BCUT2D eigenvalue weighted by atomic mass is 9.41. The molecule has 5 rings (SSSR count). The molecule has 36 heavy (non-hydrogen) atoms. The first-order chi connectivity index (χ1) is 16.6. The Morgan fingerprint density at radius 3 is 2.33 bits per heavy atom. The Balaban J connectivity index is 1.45. The van der Waals surface area contributed by atoms with E-state index in [4.69, 9.17) is 4.74 Å². The minimum atomic E-state index is -0.941. The number of methoxy groups -OCH3 is 1. The molecule has 0 saturated heterocycles. The van der Waals surface area contributed by atoms with Crippen LogP contribution in [0.25, 0.3) is 0 Å². The van der Waals surface area contributed by atoms with Crippen LogP contribution < -0.4 is 0 Å². The third kappa shape index (κ3) is 3.14. The van der Waals surface area contributed by atoms with Gasteiger partial charge in [0.2, 0.25) is 0 Å².